The number of phenolic OH excluding ortho intramolecular Hbond substituents is 1. The van der Waals surface area contributed by atoms with Gasteiger partial charge in [0.05, 0.1) is 12.1 Å². The molecule has 21 heavy (non-hydrogen) atoms. The van der Waals surface area contributed by atoms with Gasteiger partial charge < -0.3 is 20.7 Å². The first-order chi connectivity index (χ1) is 9.28. The SMILES string of the molecule is Cl.N[C@H](c1cc(OC(F)(F)F)ccc1O)[C@@H](O)C1CCC1. The Labute approximate surface area is 126 Å². The van der Waals surface area contributed by atoms with Gasteiger partial charge in [-0.2, -0.15) is 0 Å². The van der Waals surface area contributed by atoms with Crippen LogP contribution in [0.15, 0.2) is 18.2 Å². The van der Waals surface area contributed by atoms with Crippen molar-refractivity contribution in [1.29, 1.82) is 0 Å². The summed E-state index contributed by atoms with van der Waals surface area (Å²) in [6.07, 6.45) is -3.05. The highest BCUT2D eigenvalue weighted by molar-refractivity contribution is 5.85. The summed E-state index contributed by atoms with van der Waals surface area (Å²) in [6, 6.07) is 2.13. The molecule has 4 nitrogen and oxygen atoms in total. The Kier molecular flexibility index (Phi) is 5.72. The standard InChI is InChI=1S/C13H16F3NO3.ClH/c14-13(15,16)20-8-4-5-10(18)9(6-8)11(17)12(19)7-2-1-3-7;/h4-7,11-12,18-19H,1-3,17H2;1H/t11-,12+;/m1./s1. The van der Waals surface area contributed by atoms with E-state index in [0.717, 1.165) is 37.5 Å². The maximum Gasteiger partial charge on any atom is 0.573 e. The quantitative estimate of drug-likeness (QED) is 0.795. The van der Waals surface area contributed by atoms with Gasteiger partial charge in [0.1, 0.15) is 11.5 Å². The summed E-state index contributed by atoms with van der Waals surface area (Å²) in [6.45, 7) is 0. The summed E-state index contributed by atoms with van der Waals surface area (Å²) in [4.78, 5) is 0. The number of phenols is 1. The van der Waals surface area contributed by atoms with Crippen molar-refractivity contribution in [3.8, 4) is 11.5 Å². The molecule has 0 unspecified atom stereocenters. The number of nitrogens with two attached hydrogens (primary N) is 1. The Hall–Kier alpha value is -1.18. The van der Waals surface area contributed by atoms with E-state index >= 15 is 0 Å². The molecule has 1 aromatic rings. The molecule has 2 atom stereocenters. The van der Waals surface area contributed by atoms with Gasteiger partial charge in [0, 0.05) is 5.56 Å². The second-order valence-electron chi connectivity index (χ2n) is 4.98. The molecule has 1 saturated carbocycles. The van der Waals surface area contributed by atoms with Crippen LogP contribution < -0.4 is 10.5 Å². The molecule has 0 saturated heterocycles. The number of alkyl halides is 3. The second kappa shape index (κ2) is 6.72. The number of benzene rings is 1. The van der Waals surface area contributed by atoms with Crippen LogP contribution in [0.5, 0.6) is 11.5 Å². The molecule has 1 aliphatic carbocycles. The molecule has 2 rings (SSSR count). The highest BCUT2D eigenvalue weighted by Crippen LogP contribution is 2.38. The minimum Gasteiger partial charge on any atom is -0.508 e. The van der Waals surface area contributed by atoms with Gasteiger partial charge in [-0.1, -0.05) is 6.42 Å². The van der Waals surface area contributed by atoms with Crippen LogP contribution in [-0.2, 0) is 0 Å². The molecule has 4 N–H and O–H groups in total. The van der Waals surface area contributed by atoms with Crippen LogP contribution in [0.25, 0.3) is 0 Å². The Balaban J connectivity index is 0.00000220. The van der Waals surface area contributed by atoms with Gasteiger partial charge in [-0.25, -0.2) is 0 Å². The number of hydrogen-bond acceptors (Lipinski definition) is 4. The fourth-order valence-electron chi connectivity index (χ4n) is 2.26. The van der Waals surface area contributed by atoms with Crippen molar-refractivity contribution >= 4 is 12.4 Å². The van der Waals surface area contributed by atoms with Crippen LogP contribution in [0.3, 0.4) is 0 Å². The number of aliphatic hydroxyl groups excluding tert-OH is 1. The average Bonchev–Trinajstić information content (AvgIpc) is 2.26. The number of halogens is 4. The predicted molar refractivity (Wildman–Crippen MR) is 72.3 cm³/mol. The molecule has 0 aromatic heterocycles. The van der Waals surface area contributed by atoms with Crippen molar-refractivity contribution in [1.82, 2.24) is 0 Å². The number of aliphatic hydroxyl groups is 1. The second-order valence-corrected chi connectivity index (χ2v) is 4.98. The largest absolute Gasteiger partial charge is 0.573 e. The lowest BCUT2D eigenvalue weighted by Crippen LogP contribution is -2.36. The van der Waals surface area contributed by atoms with Crippen molar-refractivity contribution in [2.75, 3.05) is 0 Å². The van der Waals surface area contributed by atoms with Crippen LogP contribution in [0.1, 0.15) is 30.9 Å². The smallest absolute Gasteiger partial charge is 0.508 e. The first-order valence-electron chi connectivity index (χ1n) is 6.30. The summed E-state index contributed by atoms with van der Waals surface area (Å²) in [5, 5.41) is 19.7. The van der Waals surface area contributed by atoms with E-state index in [1.54, 1.807) is 0 Å². The van der Waals surface area contributed by atoms with E-state index in [2.05, 4.69) is 4.74 Å². The molecule has 1 aliphatic rings. The lowest BCUT2D eigenvalue weighted by Gasteiger charge is -2.34. The zero-order chi connectivity index (χ0) is 14.9. The molecule has 1 fully saturated rings. The minimum absolute atomic E-state index is 0. The molecule has 0 spiro atoms. The third-order valence-corrected chi connectivity index (χ3v) is 3.59. The Morgan fingerprint density at radius 1 is 1.29 bits per heavy atom. The Bertz CT molecular complexity index is 480. The molecule has 0 amide bonds. The third-order valence-electron chi connectivity index (χ3n) is 3.59. The first-order valence-corrected chi connectivity index (χ1v) is 6.30. The molecule has 0 aliphatic heterocycles. The van der Waals surface area contributed by atoms with Gasteiger partial charge in [-0.15, -0.1) is 25.6 Å². The van der Waals surface area contributed by atoms with E-state index in [4.69, 9.17) is 5.73 Å². The van der Waals surface area contributed by atoms with Crippen LogP contribution >= 0.6 is 12.4 Å². The summed E-state index contributed by atoms with van der Waals surface area (Å²) in [5.41, 5.74) is 5.88. The van der Waals surface area contributed by atoms with Gasteiger partial charge in [0.25, 0.3) is 0 Å². The molecular formula is C13H17ClF3NO3. The zero-order valence-corrected chi connectivity index (χ0v) is 11.8. The van der Waals surface area contributed by atoms with Gasteiger partial charge in [0.2, 0.25) is 0 Å². The molecule has 8 heteroatoms. The highest BCUT2D eigenvalue weighted by atomic mass is 35.5. The number of aromatic hydroxyl groups is 1. The van der Waals surface area contributed by atoms with E-state index in [-0.39, 0.29) is 29.6 Å². The van der Waals surface area contributed by atoms with Crippen molar-refractivity contribution in [3.05, 3.63) is 23.8 Å². The summed E-state index contributed by atoms with van der Waals surface area (Å²) >= 11 is 0. The van der Waals surface area contributed by atoms with E-state index in [1.807, 2.05) is 0 Å². The summed E-state index contributed by atoms with van der Waals surface area (Å²) in [7, 11) is 0. The molecule has 0 heterocycles. The highest BCUT2D eigenvalue weighted by Gasteiger charge is 2.34. The van der Waals surface area contributed by atoms with Crippen molar-refractivity contribution < 1.29 is 28.1 Å². The Morgan fingerprint density at radius 3 is 2.38 bits per heavy atom. The topological polar surface area (TPSA) is 75.7 Å². The number of ether oxygens (including phenoxy) is 1. The molecule has 0 radical (unpaired) electrons. The van der Waals surface area contributed by atoms with Gasteiger partial charge in [0.15, 0.2) is 0 Å². The van der Waals surface area contributed by atoms with Gasteiger partial charge >= 0.3 is 6.36 Å². The predicted octanol–water partition coefficient (Wildman–Crippen LogP) is 2.87. The van der Waals surface area contributed by atoms with Crippen LogP contribution in [-0.4, -0.2) is 22.7 Å². The van der Waals surface area contributed by atoms with Crippen molar-refractivity contribution in [2.45, 2.75) is 37.8 Å². The van der Waals surface area contributed by atoms with E-state index in [9.17, 15) is 23.4 Å². The lowest BCUT2D eigenvalue weighted by molar-refractivity contribution is -0.274. The number of rotatable bonds is 4. The van der Waals surface area contributed by atoms with Crippen LogP contribution in [0.2, 0.25) is 0 Å². The maximum absolute atomic E-state index is 12.2. The maximum atomic E-state index is 12.2. The molecule has 1 aromatic carbocycles. The van der Waals surface area contributed by atoms with E-state index in [1.165, 1.54) is 0 Å². The van der Waals surface area contributed by atoms with Crippen LogP contribution in [0.4, 0.5) is 13.2 Å². The van der Waals surface area contributed by atoms with Gasteiger partial charge in [-0.3, -0.25) is 0 Å². The van der Waals surface area contributed by atoms with E-state index in [0.29, 0.717) is 0 Å². The molecule has 0 bridgehead atoms. The normalized spacial score (nSPS) is 18.3. The summed E-state index contributed by atoms with van der Waals surface area (Å²) < 4.78 is 40.3. The minimum atomic E-state index is -4.81. The van der Waals surface area contributed by atoms with Crippen LogP contribution in [0, 0.1) is 5.92 Å². The van der Waals surface area contributed by atoms with Gasteiger partial charge in [-0.05, 0) is 37.0 Å². The average molecular weight is 328 g/mol. The third kappa shape index (κ3) is 4.39. The lowest BCUT2D eigenvalue weighted by atomic mass is 9.77. The van der Waals surface area contributed by atoms with Crippen molar-refractivity contribution in [3.63, 3.8) is 0 Å². The molecular weight excluding hydrogens is 311 g/mol. The first kappa shape index (κ1) is 17.9. The van der Waals surface area contributed by atoms with E-state index < -0.39 is 24.3 Å². The van der Waals surface area contributed by atoms with Crippen molar-refractivity contribution in [2.24, 2.45) is 11.7 Å². The molecule has 120 valence electrons. The fraction of sp³-hybridized carbons (Fsp3) is 0.538. The monoisotopic (exact) mass is 327 g/mol. The Morgan fingerprint density at radius 2 is 1.90 bits per heavy atom. The number of hydrogen-bond donors (Lipinski definition) is 3. The zero-order valence-electron chi connectivity index (χ0n) is 11.0. The fourth-order valence-corrected chi connectivity index (χ4v) is 2.26. The summed E-state index contributed by atoms with van der Waals surface area (Å²) in [5.74, 6) is -0.705.